The van der Waals surface area contributed by atoms with Crippen molar-refractivity contribution in [1.82, 2.24) is 10.2 Å². The second kappa shape index (κ2) is 5.43. The topological polar surface area (TPSA) is 58.6 Å². The highest BCUT2D eigenvalue weighted by Crippen LogP contribution is 2.21. The smallest absolute Gasteiger partial charge is 0.407 e. The largest absolute Gasteiger partial charge is 0.444 e. The number of rotatable bonds is 3. The van der Waals surface area contributed by atoms with Crippen LogP contribution in [0.3, 0.4) is 0 Å². The molecule has 0 bridgehead atoms. The zero-order valence-corrected chi connectivity index (χ0v) is 10.7. The van der Waals surface area contributed by atoms with E-state index in [1.54, 1.807) is 16.7 Å². The average molecular weight is 246 g/mol. The van der Waals surface area contributed by atoms with Crippen molar-refractivity contribution in [1.29, 1.82) is 0 Å². The maximum atomic E-state index is 11.4. The molecule has 1 atom stereocenters. The van der Waals surface area contributed by atoms with Gasteiger partial charge in [-0.15, -0.1) is 11.8 Å². The van der Waals surface area contributed by atoms with E-state index in [0.29, 0.717) is 6.54 Å². The van der Waals surface area contributed by atoms with Crippen LogP contribution in [-0.4, -0.2) is 47.2 Å². The van der Waals surface area contributed by atoms with Gasteiger partial charge in [0.1, 0.15) is 5.60 Å². The normalized spacial score (nSPS) is 20.7. The number of carbonyl (C=O) groups excluding carboxylic acids is 2. The molecule has 0 aromatic carbocycles. The number of hydrogen-bond donors (Lipinski definition) is 1. The molecule has 1 aliphatic rings. The van der Waals surface area contributed by atoms with E-state index in [1.165, 1.54) is 0 Å². The first-order valence-electron chi connectivity index (χ1n) is 5.22. The lowest BCUT2D eigenvalue weighted by atomic mass is 10.2. The molecule has 0 saturated carbocycles. The molecule has 1 saturated heterocycles. The Hall–Kier alpha value is -0.910. The fraction of sp³-hybridized carbons (Fsp3) is 0.800. The summed E-state index contributed by atoms with van der Waals surface area (Å²) in [4.78, 5) is 23.7. The van der Waals surface area contributed by atoms with Crippen molar-refractivity contribution < 1.29 is 14.3 Å². The molecule has 0 spiro atoms. The van der Waals surface area contributed by atoms with Crippen LogP contribution >= 0.6 is 11.8 Å². The molecular formula is C10H18N2O3S. The van der Waals surface area contributed by atoms with Crippen LogP contribution in [-0.2, 0) is 9.53 Å². The molecule has 1 unspecified atom stereocenters. The Balaban J connectivity index is 2.29. The van der Waals surface area contributed by atoms with Crippen LogP contribution in [0.2, 0.25) is 0 Å². The lowest BCUT2D eigenvalue weighted by molar-refractivity contribution is -0.118. The molecule has 16 heavy (non-hydrogen) atoms. The summed E-state index contributed by atoms with van der Waals surface area (Å²) >= 11 is 1.66. The van der Waals surface area contributed by atoms with Crippen molar-refractivity contribution >= 4 is 24.3 Å². The van der Waals surface area contributed by atoms with Crippen LogP contribution in [0.4, 0.5) is 4.79 Å². The monoisotopic (exact) mass is 246 g/mol. The van der Waals surface area contributed by atoms with Gasteiger partial charge in [-0.2, -0.15) is 0 Å². The fourth-order valence-corrected chi connectivity index (χ4v) is 2.45. The SMILES string of the molecule is CC(C)(C)OC(=O)NCC1SCCN1C=O. The zero-order valence-electron chi connectivity index (χ0n) is 9.86. The quantitative estimate of drug-likeness (QED) is 0.756. The number of amides is 2. The summed E-state index contributed by atoms with van der Waals surface area (Å²) < 4.78 is 5.10. The maximum absolute atomic E-state index is 11.4. The van der Waals surface area contributed by atoms with Crippen molar-refractivity contribution in [2.45, 2.75) is 31.7 Å². The Kier molecular flexibility index (Phi) is 4.46. The Morgan fingerprint density at radius 2 is 2.31 bits per heavy atom. The van der Waals surface area contributed by atoms with Crippen molar-refractivity contribution in [3.05, 3.63) is 0 Å². The van der Waals surface area contributed by atoms with E-state index in [-0.39, 0.29) is 5.37 Å². The molecule has 92 valence electrons. The van der Waals surface area contributed by atoms with Crippen LogP contribution in [0.15, 0.2) is 0 Å². The number of carbonyl (C=O) groups is 2. The summed E-state index contributed by atoms with van der Waals surface area (Å²) in [7, 11) is 0. The van der Waals surface area contributed by atoms with Gasteiger partial charge in [0, 0.05) is 12.3 Å². The van der Waals surface area contributed by atoms with Gasteiger partial charge in [-0.1, -0.05) is 0 Å². The van der Waals surface area contributed by atoms with Gasteiger partial charge in [0.2, 0.25) is 6.41 Å². The highest BCUT2D eigenvalue weighted by Gasteiger charge is 2.24. The molecule has 0 aromatic rings. The van der Waals surface area contributed by atoms with Gasteiger partial charge >= 0.3 is 6.09 Å². The predicted octanol–water partition coefficient (Wildman–Crippen LogP) is 1.04. The van der Waals surface area contributed by atoms with Gasteiger partial charge in [-0.3, -0.25) is 4.79 Å². The van der Waals surface area contributed by atoms with Crippen molar-refractivity contribution in [2.24, 2.45) is 0 Å². The van der Waals surface area contributed by atoms with E-state index in [1.807, 2.05) is 20.8 Å². The second-order valence-electron chi connectivity index (χ2n) is 4.55. The standard InChI is InChI=1S/C10H18N2O3S/c1-10(2,3)15-9(14)11-6-8-12(7-13)4-5-16-8/h7-8H,4-6H2,1-3H3,(H,11,14). The molecular weight excluding hydrogens is 228 g/mol. The van der Waals surface area contributed by atoms with E-state index in [0.717, 1.165) is 18.7 Å². The lowest BCUT2D eigenvalue weighted by Gasteiger charge is -2.22. The summed E-state index contributed by atoms with van der Waals surface area (Å²) in [6.45, 7) is 6.62. The fourth-order valence-electron chi connectivity index (χ4n) is 1.32. The molecule has 0 aromatic heterocycles. The van der Waals surface area contributed by atoms with Crippen LogP contribution < -0.4 is 5.32 Å². The first-order valence-corrected chi connectivity index (χ1v) is 6.27. The molecule has 2 amide bonds. The van der Waals surface area contributed by atoms with Crippen molar-refractivity contribution in [3.63, 3.8) is 0 Å². The van der Waals surface area contributed by atoms with Gasteiger partial charge in [-0.25, -0.2) is 4.79 Å². The molecule has 1 heterocycles. The number of thioether (sulfide) groups is 1. The zero-order chi connectivity index (χ0) is 12.2. The highest BCUT2D eigenvalue weighted by atomic mass is 32.2. The van der Waals surface area contributed by atoms with Gasteiger partial charge in [0.15, 0.2) is 0 Å². The maximum Gasteiger partial charge on any atom is 0.407 e. The van der Waals surface area contributed by atoms with E-state index < -0.39 is 11.7 Å². The molecule has 1 aliphatic heterocycles. The highest BCUT2D eigenvalue weighted by molar-refractivity contribution is 8.00. The van der Waals surface area contributed by atoms with Gasteiger partial charge in [0.25, 0.3) is 0 Å². The Labute approximate surface area is 99.9 Å². The first kappa shape index (κ1) is 13.2. The minimum absolute atomic E-state index is 0.0324. The molecule has 0 aliphatic carbocycles. The third-order valence-corrected chi connectivity index (χ3v) is 3.23. The lowest BCUT2D eigenvalue weighted by Crippen LogP contribution is -2.40. The van der Waals surface area contributed by atoms with E-state index in [2.05, 4.69) is 5.32 Å². The summed E-state index contributed by atoms with van der Waals surface area (Å²) in [5.41, 5.74) is -0.489. The number of ether oxygens (including phenoxy) is 1. The average Bonchev–Trinajstić information content (AvgIpc) is 2.59. The number of nitrogens with one attached hydrogen (secondary N) is 1. The van der Waals surface area contributed by atoms with Crippen LogP contribution in [0.25, 0.3) is 0 Å². The molecule has 1 N–H and O–H groups in total. The Bertz CT molecular complexity index is 265. The molecule has 1 fully saturated rings. The minimum Gasteiger partial charge on any atom is -0.444 e. The summed E-state index contributed by atoms with van der Waals surface area (Å²) in [6, 6.07) is 0. The molecule has 1 rings (SSSR count). The third kappa shape index (κ3) is 4.30. The Morgan fingerprint density at radius 1 is 1.62 bits per heavy atom. The number of nitrogens with zero attached hydrogens (tertiary/aromatic N) is 1. The van der Waals surface area contributed by atoms with E-state index >= 15 is 0 Å². The van der Waals surface area contributed by atoms with E-state index in [4.69, 9.17) is 4.74 Å². The number of alkyl carbamates (subject to hydrolysis) is 1. The van der Waals surface area contributed by atoms with E-state index in [9.17, 15) is 9.59 Å². The summed E-state index contributed by atoms with van der Waals surface area (Å²) in [6.07, 6.45) is 0.382. The van der Waals surface area contributed by atoms with Crippen molar-refractivity contribution in [2.75, 3.05) is 18.8 Å². The van der Waals surface area contributed by atoms with Gasteiger partial charge < -0.3 is 15.0 Å². The Morgan fingerprint density at radius 3 is 2.88 bits per heavy atom. The minimum atomic E-state index is -0.489. The molecule has 6 heteroatoms. The van der Waals surface area contributed by atoms with Crippen LogP contribution in [0.1, 0.15) is 20.8 Å². The first-order chi connectivity index (χ1) is 7.42. The third-order valence-electron chi connectivity index (χ3n) is 1.98. The molecule has 0 radical (unpaired) electrons. The van der Waals surface area contributed by atoms with Crippen molar-refractivity contribution in [3.8, 4) is 0 Å². The number of hydrogen-bond acceptors (Lipinski definition) is 4. The van der Waals surface area contributed by atoms with Crippen LogP contribution in [0.5, 0.6) is 0 Å². The summed E-state index contributed by atoms with van der Waals surface area (Å²) in [5.74, 6) is 0.916. The predicted molar refractivity (Wildman–Crippen MR) is 63.3 cm³/mol. The van der Waals surface area contributed by atoms with Crippen LogP contribution in [0, 0.1) is 0 Å². The van der Waals surface area contributed by atoms with Gasteiger partial charge in [0.05, 0.1) is 11.9 Å². The van der Waals surface area contributed by atoms with Gasteiger partial charge in [-0.05, 0) is 20.8 Å². The second-order valence-corrected chi connectivity index (χ2v) is 5.84. The molecule has 5 nitrogen and oxygen atoms in total. The summed E-state index contributed by atoms with van der Waals surface area (Å²) in [5, 5.41) is 2.70.